The molecule has 2 aromatic carbocycles. The van der Waals surface area contributed by atoms with E-state index in [2.05, 4.69) is 58.9 Å². The molecule has 0 saturated carbocycles. The topological polar surface area (TPSA) is 36.9 Å². The van der Waals surface area contributed by atoms with Gasteiger partial charge < -0.3 is 18.9 Å². The van der Waals surface area contributed by atoms with Crippen LogP contribution in [0.1, 0.15) is 55.9 Å². The fourth-order valence-electron chi connectivity index (χ4n) is 3.30. The average Bonchev–Trinajstić information content (AvgIpc) is 2.66. The third-order valence-corrected chi connectivity index (χ3v) is 5.26. The summed E-state index contributed by atoms with van der Waals surface area (Å²) >= 11 is 0. The molecule has 0 N–H and O–H groups in total. The first-order valence-electron chi connectivity index (χ1n) is 10.2. The first-order valence-corrected chi connectivity index (χ1v) is 10.2. The van der Waals surface area contributed by atoms with Crippen LogP contribution in [0.2, 0.25) is 0 Å². The number of aryl methyl sites for hydroxylation is 1. The highest BCUT2D eigenvalue weighted by Crippen LogP contribution is 2.35. The van der Waals surface area contributed by atoms with Gasteiger partial charge in [-0.05, 0) is 36.0 Å². The van der Waals surface area contributed by atoms with E-state index in [9.17, 15) is 0 Å². The SMILES string of the molecule is COCc1cc(C)cc(COC)c1OCCOc1ccc(C(C)C(C)(C)C)cc1. The molecule has 160 valence electrons. The zero-order valence-electron chi connectivity index (χ0n) is 19.0. The Morgan fingerprint density at radius 3 is 1.83 bits per heavy atom. The molecule has 0 saturated heterocycles. The van der Waals surface area contributed by atoms with Crippen LogP contribution in [-0.2, 0) is 22.7 Å². The lowest BCUT2D eigenvalue weighted by Gasteiger charge is -2.27. The molecule has 4 heteroatoms. The molecule has 0 aromatic heterocycles. The van der Waals surface area contributed by atoms with Crippen molar-refractivity contribution in [2.45, 2.75) is 53.8 Å². The summed E-state index contributed by atoms with van der Waals surface area (Å²) in [6.45, 7) is 13.1. The number of rotatable bonds is 10. The van der Waals surface area contributed by atoms with Gasteiger partial charge >= 0.3 is 0 Å². The maximum atomic E-state index is 6.07. The molecule has 1 unspecified atom stereocenters. The van der Waals surface area contributed by atoms with Gasteiger partial charge in [-0.15, -0.1) is 0 Å². The van der Waals surface area contributed by atoms with Gasteiger partial charge in [0, 0.05) is 25.3 Å². The number of hydrogen-bond donors (Lipinski definition) is 0. The maximum Gasteiger partial charge on any atom is 0.130 e. The molecule has 0 heterocycles. The van der Waals surface area contributed by atoms with Crippen molar-refractivity contribution >= 4 is 0 Å². The van der Waals surface area contributed by atoms with E-state index in [4.69, 9.17) is 18.9 Å². The summed E-state index contributed by atoms with van der Waals surface area (Å²) in [5.74, 6) is 2.17. The van der Waals surface area contributed by atoms with E-state index in [1.165, 1.54) is 5.56 Å². The normalized spacial score (nSPS) is 12.7. The second-order valence-corrected chi connectivity index (χ2v) is 8.63. The van der Waals surface area contributed by atoms with Crippen molar-refractivity contribution in [2.75, 3.05) is 27.4 Å². The van der Waals surface area contributed by atoms with Gasteiger partial charge in [0.25, 0.3) is 0 Å². The molecule has 0 fully saturated rings. The predicted molar refractivity (Wildman–Crippen MR) is 118 cm³/mol. The van der Waals surface area contributed by atoms with E-state index in [1.54, 1.807) is 14.2 Å². The Labute approximate surface area is 176 Å². The molecule has 0 spiro atoms. The fraction of sp³-hybridized carbons (Fsp3) is 0.520. The van der Waals surface area contributed by atoms with E-state index < -0.39 is 0 Å². The molecule has 0 radical (unpaired) electrons. The highest BCUT2D eigenvalue weighted by atomic mass is 16.5. The summed E-state index contributed by atoms with van der Waals surface area (Å²) in [6.07, 6.45) is 0. The molecule has 0 bridgehead atoms. The van der Waals surface area contributed by atoms with Crippen molar-refractivity contribution in [3.8, 4) is 11.5 Å². The Hall–Kier alpha value is -2.04. The molecule has 0 amide bonds. The molecule has 2 aromatic rings. The second kappa shape index (κ2) is 10.7. The molecule has 0 aliphatic rings. The molecular weight excluding hydrogens is 364 g/mol. The first kappa shape index (κ1) is 23.2. The van der Waals surface area contributed by atoms with Crippen LogP contribution in [0.3, 0.4) is 0 Å². The molecule has 4 nitrogen and oxygen atoms in total. The van der Waals surface area contributed by atoms with Gasteiger partial charge in [-0.25, -0.2) is 0 Å². The Kier molecular flexibility index (Phi) is 8.54. The predicted octanol–water partition coefficient (Wildman–Crippen LogP) is 5.90. The van der Waals surface area contributed by atoms with Crippen LogP contribution < -0.4 is 9.47 Å². The van der Waals surface area contributed by atoms with E-state index in [-0.39, 0.29) is 5.41 Å². The molecule has 1 atom stereocenters. The van der Waals surface area contributed by atoms with Crippen LogP contribution in [0.25, 0.3) is 0 Å². The molecular formula is C25H36O4. The van der Waals surface area contributed by atoms with Gasteiger partial charge in [0.15, 0.2) is 0 Å². The summed E-state index contributed by atoms with van der Waals surface area (Å²) < 4.78 is 22.6. The van der Waals surface area contributed by atoms with Crippen LogP contribution >= 0.6 is 0 Å². The highest BCUT2D eigenvalue weighted by molar-refractivity contribution is 5.44. The highest BCUT2D eigenvalue weighted by Gasteiger charge is 2.21. The van der Waals surface area contributed by atoms with Gasteiger partial charge in [0.1, 0.15) is 24.7 Å². The van der Waals surface area contributed by atoms with Gasteiger partial charge in [-0.1, -0.05) is 57.5 Å². The summed E-state index contributed by atoms with van der Waals surface area (Å²) in [4.78, 5) is 0. The van der Waals surface area contributed by atoms with Crippen LogP contribution in [0.5, 0.6) is 11.5 Å². The minimum atomic E-state index is 0.240. The molecule has 0 aliphatic carbocycles. The van der Waals surface area contributed by atoms with Crippen molar-refractivity contribution in [3.63, 3.8) is 0 Å². The zero-order valence-corrected chi connectivity index (χ0v) is 19.0. The third kappa shape index (κ3) is 6.76. The van der Waals surface area contributed by atoms with Gasteiger partial charge in [-0.2, -0.15) is 0 Å². The van der Waals surface area contributed by atoms with Gasteiger partial charge in [0.2, 0.25) is 0 Å². The first-order chi connectivity index (χ1) is 13.8. The van der Waals surface area contributed by atoms with E-state index in [0.29, 0.717) is 32.3 Å². The molecule has 0 aliphatic heterocycles. The Bertz CT molecular complexity index is 732. The van der Waals surface area contributed by atoms with Crippen LogP contribution in [0.4, 0.5) is 0 Å². The standard InChI is InChI=1S/C25H36O4/c1-18-14-21(16-26-6)24(22(15-18)17-27-7)29-13-12-28-23-10-8-20(9-11-23)19(2)25(3,4)5/h8-11,14-15,19H,12-13,16-17H2,1-7H3. The van der Waals surface area contributed by atoms with Gasteiger partial charge in [-0.3, -0.25) is 0 Å². The number of benzene rings is 2. The van der Waals surface area contributed by atoms with Crippen molar-refractivity contribution in [1.29, 1.82) is 0 Å². The largest absolute Gasteiger partial charge is 0.490 e. The molecule has 2 rings (SSSR count). The summed E-state index contributed by atoms with van der Waals surface area (Å²) in [5, 5.41) is 0. The minimum Gasteiger partial charge on any atom is -0.490 e. The monoisotopic (exact) mass is 400 g/mol. The lowest BCUT2D eigenvalue weighted by molar-refractivity contribution is 0.164. The fourth-order valence-corrected chi connectivity index (χ4v) is 3.30. The zero-order chi connectivity index (χ0) is 21.4. The number of ether oxygens (including phenoxy) is 4. The van der Waals surface area contributed by atoms with Gasteiger partial charge in [0.05, 0.1) is 13.2 Å². The van der Waals surface area contributed by atoms with E-state index in [1.807, 2.05) is 12.1 Å². The lowest BCUT2D eigenvalue weighted by Crippen LogP contribution is -2.15. The van der Waals surface area contributed by atoms with E-state index in [0.717, 1.165) is 28.2 Å². The second-order valence-electron chi connectivity index (χ2n) is 8.63. The smallest absolute Gasteiger partial charge is 0.130 e. The van der Waals surface area contributed by atoms with E-state index >= 15 is 0 Å². The third-order valence-electron chi connectivity index (χ3n) is 5.26. The summed E-state index contributed by atoms with van der Waals surface area (Å²) in [5.41, 5.74) is 4.79. The quantitative estimate of drug-likeness (QED) is 0.466. The van der Waals surface area contributed by atoms with Crippen molar-refractivity contribution in [1.82, 2.24) is 0 Å². The summed E-state index contributed by atoms with van der Waals surface area (Å²) in [7, 11) is 3.38. The number of hydrogen-bond acceptors (Lipinski definition) is 4. The van der Waals surface area contributed by atoms with Crippen LogP contribution in [0.15, 0.2) is 36.4 Å². The van der Waals surface area contributed by atoms with Crippen molar-refractivity contribution < 1.29 is 18.9 Å². The van der Waals surface area contributed by atoms with Crippen LogP contribution in [-0.4, -0.2) is 27.4 Å². The summed E-state index contributed by atoms with van der Waals surface area (Å²) in [6, 6.07) is 12.6. The van der Waals surface area contributed by atoms with Crippen molar-refractivity contribution in [3.05, 3.63) is 58.7 Å². The Morgan fingerprint density at radius 2 is 1.34 bits per heavy atom. The number of methoxy groups -OCH3 is 2. The lowest BCUT2D eigenvalue weighted by atomic mass is 9.78. The Balaban J connectivity index is 1.97. The molecule has 29 heavy (non-hydrogen) atoms. The minimum absolute atomic E-state index is 0.240. The van der Waals surface area contributed by atoms with Crippen LogP contribution in [0, 0.1) is 12.3 Å². The average molecular weight is 401 g/mol. The van der Waals surface area contributed by atoms with Crippen molar-refractivity contribution in [2.24, 2.45) is 5.41 Å². The Morgan fingerprint density at radius 1 is 0.828 bits per heavy atom. The maximum absolute atomic E-state index is 6.07.